The van der Waals surface area contributed by atoms with Crippen molar-refractivity contribution < 1.29 is 12.8 Å². The smallest absolute Gasteiger partial charge is 0.240 e. The van der Waals surface area contributed by atoms with E-state index in [1.807, 2.05) is 33.8 Å². The average molecular weight is 419 g/mol. The molecule has 0 atom stereocenters. The van der Waals surface area contributed by atoms with Gasteiger partial charge in [0.05, 0.1) is 10.6 Å². The van der Waals surface area contributed by atoms with Crippen LogP contribution in [0.5, 0.6) is 0 Å². The summed E-state index contributed by atoms with van der Waals surface area (Å²) in [5.74, 6) is -0.284. The lowest BCUT2D eigenvalue weighted by Gasteiger charge is -2.11. The Hall–Kier alpha value is -2.09. The normalized spacial score (nSPS) is 11.8. The van der Waals surface area contributed by atoms with E-state index in [-0.39, 0.29) is 5.82 Å². The molecular weight excluding hydrogens is 395 g/mol. The molecule has 0 saturated heterocycles. The number of sulfonamides is 1. The molecule has 0 unspecified atom stereocenters. The summed E-state index contributed by atoms with van der Waals surface area (Å²) in [6, 6.07) is 9.83. The zero-order chi connectivity index (χ0) is 20.5. The van der Waals surface area contributed by atoms with E-state index >= 15 is 0 Å². The van der Waals surface area contributed by atoms with E-state index in [9.17, 15) is 12.8 Å². The molecule has 1 N–H and O–H groups in total. The molecular formula is C21H23FN2O2S2. The molecule has 28 heavy (non-hydrogen) atoms. The summed E-state index contributed by atoms with van der Waals surface area (Å²) in [6.45, 7) is 7.88. The van der Waals surface area contributed by atoms with E-state index in [0.29, 0.717) is 17.9 Å². The van der Waals surface area contributed by atoms with Crippen LogP contribution in [0.1, 0.15) is 27.3 Å². The SMILES string of the molecule is Cc1cc(C)c(S(=O)(=O)NCCc2sc(-c3ccc(F)cc3)nc2C)cc1C. The number of hydrogen-bond acceptors (Lipinski definition) is 4. The fraction of sp³-hybridized carbons (Fsp3) is 0.286. The van der Waals surface area contributed by atoms with Crippen molar-refractivity contribution in [2.75, 3.05) is 6.54 Å². The molecule has 3 aromatic rings. The van der Waals surface area contributed by atoms with Crippen LogP contribution in [-0.2, 0) is 16.4 Å². The maximum absolute atomic E-state index is 13.1. The zero-order valence-electron chi connectivity index (χ0n) is 16.3. The summed E-state index contributed by atoms with van der Waals surface area (Å²) < 4.78 is 41.2. The molecule has 148 valence electrons. The Labute approximate surface area is 169 Å². The lowest BCUT2D eigenvalue weighted by atomic mass is 10.1. The van der Waals surface area contributed by atoms with Crippen molar-refractivity contribution in [1.29, 1.82) is 0 Å². The highest BCUT2D eigenvalue weighted by atomic mass is 32.2. The first-order valence-corrected chi connectivity index (χ1v) is 11.3. The molecule has 1 heterocycles. The van der Waals surface area contributed by atoms with E-state index in [1.165, 1.54) is 23.5 Å². The summed E-state index contributed by atoms with van der Waals surface area (Å²) in [5.41, 5.74) is 4.49. The van der Waals surface area contributed by atoms with Gasteiger partial charge < -0.3 is 0 Å². The molecule has 0 radical (unpaired) electrons. The largest absolute Gasteiger partial charge is 0.241 e. The summed E-state index contributed by atoms with van der Waals surface area (Å²) in [6.07, 6.45) is 0.549. The third-order valence-corrected chi connectivity index (χ3v) is 7.58. The predicted molar refractivity (Wildman–Crippen MR) is 112 cm³/mol. The summed E-state index contributed by atoms with van der Waals surface area (Å²) in [5, 5.41) is 0.806. The van der Waals surface area contributed by atoms with Crippen LogP contribution in [-0.4, -0.2) is 19.9 Å². The summed E-state index contributed by atoms with van der Waals surface area (Å²) >= 11 is 1.50. The lowest BCUT2D eigenvalue weighted by molar-refractivity contribution is 0.581. The van der Waals surface area contributed by atoms with Crippen molar-refractivity contribution in [2.45, 2.75) is 39.0 Å². The van der Waals surface area contributed by atoms with Crippen LogP contribution in [0.4, 0.5) is 4.39 Å². The first-order chi connectivity index (χ1) is 13.2. The van der Waals surface area contributed by atoms with Gasteiger partial charge in [-0.1, -0.05) is 6.07 Å². The Bertz CT molecular complexity index is 1100. The number of halogens is 1. The Morgan fingerprint density at radius 2 is 1.64 bits per heavy atom. The van der Waals surface area contributed by atoms with E-state index < -0.39 is 10.0 Å². The van der Waals surface area contributed by atoms with Gasteiger partial charge in [-0.05, 0) is 81.1 Å². The van der Waals surface area contributed by atoms with Gasteiger partial charge in [0.25, 0.3) is 0 Å². The quantitative estimate of drug-likeness (QED) is 0.631. The molecule has 0 fully saturated rings. The fourth-order valence-corrected chi connectivity index (χ4v) is 5.38. The van der Waals surface area contributed by atoms with Gasteiger partial charge in [0, 0.05) is 17.0 Å². The van der Waals surface area contributed by atoms with Crippen LogP contribution in [0.2, 0.25) is 0 Å². The van der Waals surface area contributed by atoms with Crippen molar-refractivity contribution in [3.63, 3.8) is 0 Å². The highest BCUT2D eigenvalue weighted by Gasteiger charge is 2.18. The Balaban J connectivity index is 1.71. The zero-order valence-corrected chi connectivity index (χ0v) is 18.0. The van der Waals surface area contributed by atoms with Crippen molar-refractivity contribution in [3.05, 3.63) is 69.5 Å². The second-order valence-corrected chi connectivity index (χ2v) is 9.70. The van der Waals surface area contributed by atoms with Crippen LogP contribution in [0.15, 0.2) is 41.3 Å². The molecule has 0 saturated carbocycles. The molecule has 0 bridgehead atoms. The van der Waals surface area contributed by atoms with E-state index in [2.05, 4.69) is 9.71 Å². The van der Waals surface area contributed by atoms with Gasteiger partial charge in [-0.25, -0.2) is 22.5 Å². The van der Waals surface area contributed by atoms with Crippen LogP contribution in [0.3, 0.4) is 0 Å². The minimum absolute atomic E-state index is 0.284. The molecule has 0 aliphatic heterocycles. The molecule has 1 aromatic heterocycles. The number of aromatic nitrogens is 1. The number of aryl methyl sites for hydroxylation is 4. The van der Waals surface area contributed by atoms with E-state index in [0.717, 1.165) is 37.8 Å². The van der Waals surface area contributed by atoms with Crippen molar-refractivity contribution in [2.24, 2.45) is 0 Å². The average Bonchev–Trinajstić information content (AvgIpc) is 2.99. The fourth-order valence-electron chi connectivity index (χ4n) is 2.98. The minimum atomic E-state index is -3.57. The topological polar surface area (TPSA) is 59.1 Å². The van der Waals surface area contributed by atoms with Gasteiger partial charge in [-0.15, -0.1) is 11.3 Å². The third-order valence-electron chi connectivity index (χ3n) is 4.71. The number of thiazole rings is 1. The highest BCUT2D eigenvalue weighted by Crippen LogP contribution is 2.28. The van der Waals surface area contributed by atoms with Gasteiger partial charge in [-0.2, -0.15) is 0 Å². The molecule has 0 spiro atoms. The second kappa shape index (κ2) is 8.11. The first kappa shape index (κ1) is 20.6. The summed E-state index contributed by atoms with van der Waals surface area (Å²) in [4.78, 5) is 5.87. The molecule has 4 nitrogen and oxygen atoms in total. The number of nitrogens with zero attached hydrogens (tertiary/aromatic N) is 1. The summed E-state index contributed by atoms with van der Waals surface area (Å²) in [7, 11) is -3.57. The van der Waals surface area contributed by atoms with Crippen molar-refractivity contribution in [1.82, 2.24) is 9.71 Å². The minimum Gasteiger partial charge on any atom is -0.241 e. The number of benzene rings is 2. The number of rotatable bonds is 6. The van der Waals surface area contributed by atoms with Gasteiger partial charge in [0.1, 0.15) is 10.8 Å². The number of nitrogens with one attached hydrogen (secondary N) is 1. The Morgan fingerprint density at radius 1 is 1.00 bits per heavy atom. The lowest BCUT2D eigenvalue weighted by Crippen LogP contribution is -2.26. The third kappa shape index (κ3) is 4.48. The van der Waals surface area contributed by atoms with Crippen LogP contribution < -0.4 is 4.72 Å². The van der Waals surface area contributed by atoms with E-state index in [4.69, 9.17) is 0 Å². The predicted octanol–water partition coefficient (Wildman–Crippen LogP) is 4.70. The van der Waals surface area contributed by atoms with Crippen LogP contribution >= 0.6 is 11.3 Å². The van der Waals surface area contributed by atoms with Gasteiger partial charge >= 0.3 is 0 Å². The molecule has 2 aromatic carbocycles. The van der Waals surface area contributed by atoms with Gasteiger partial charge in [-0.3, -0.25) is 0 Å². The van der Waals surface area contributed by atoms with Crippen molar-refractivity contribution >= 4 is 21.4 Å². The van der Waals surface area contributed by atoms with Crippen LogP contribution in [0, 0.1) is 33.5 Å². The monoisotopic (exact) mass is 418 g/mol. The van der Waals surface area contributed by atoms with E-state index in [1.54, 1.807) is 18.2 Å². The molecule has 0 amide bonds. The standard InChI is InChI=1S/C21H23FN2O2S2/c1-13-11-15(3)20(12-14(13)2)28(25,26)23-10-9-19-16(4)24-21(27-19)17-5-7-18(22)8-6-17/h5-8,11-12,23H,9-10H2,1-4H3. The van der Waals surface area contributed by atoms with Crippen molar-refractivity contribution in [3.8, 4) is 10.6 Å². The van der Waals surface area contributed by atoms with Gasteiger partial charge in [0.2, 0.25) is 10.0 Å². The Morgan fingerprint density at radius 3 is 2.32 bits per heavy atom. The van der Waals surface area contributed by atoms with Crippen LogP contribution in [0.25, 0.3) is 10.6 Å². The molecule has 3 rings (SSSR count). The molecule has 0 aliphatic rings. The highest BCUT2D eigenvalue weighted by molar-refractivity contribution is 7.89. The Kier molecular flexibility index (Phi) is 5.98. The molecule has 0 aliphatic carbocycles. The second-order valence-electron chi connectivity index (χ2n) is 6.88. The first-order valence-electron chi connectivity index (χ1n) is 8.97. The van der Waals surface area contributed by atoms with Gasteiger partial charge in [0.15, 0.2) is 0 Å². The number of hydrogen-bond donors (Lipinski definition) is 1. The maximum Gasteiger partial charge on any atom is 0.240 e. The maximum atomic E-state index is 13.1. The molecule has 7 heteroatoms.